The summed E-state index contributed by atoms with van der Waals surface area (Å²) < 4.78 is 3.83. The molecule has 2 amide bonds. The summed E-state index contributed by atoms with van der Waals surface area (Å²) in [4.78, 5) is 23.4. The van der Waals surface area contributed by atoms with Gasteiger partial charge >= 0.3 is 0 Å². The number of unbranched alkanes of at least 4 members (excludes halogenated alkanes) is 3. The van der Waals surface area contributed by atoms with E-state index >= 15 is 0 Å². The summed E-state index contributed by atoms with van der Waals surface area (Å²) in [5.74, 6) is -0.198. The molecule has 0 bridgehead atoms. The highest BCUT2D eigenvalue weighted by Crippen LogP contribution is 2.05. The lowest BCUT2D eigenvalue weighted by Gasteiger charge is -2.02. The molecule has 2 rings (SSSR count). The van der Waals surface area contributed by atoms with Gasteiger partial charge in [-0.3, -0.25) is 9.59 Å². The van der Waals surface area contributed by atoms with Crippen molar-refractivity contribution < 1.29 is 9.59 Å². The van der Waals surface area contributed by atoms with Gasteiger partial charge in [-0.15, -0.1) is 0 Å². The number of nitrogens with zero attached hydrogens (tertiary/aromatic N) is 4. The van der Waals surface area contributed by atoms with Gasteiger partial charge < -0.3 is 9.13 Å². The van der Waals surface area contributed by atoms with Crippen molar-refractivity contribution in [3.63, 3.8) is 0 Å². The maximum absolute atomic E-state index is 11.7. The van der Waals surface area contributed by atoms with E-state index in [0.717, 1.165) is 37.1 Å². The SMILES string of the molecule is Cn1cccc1/C=N\NC(=O)CCCCCCC(=O)N/N=C\c1cccn1C. The number of hydrogen-bond donors (Lipinski definition) is 2. The minimum absolute atomic E-state index is 0.0989. The van der Waals surface area contributed by atoms with Crippen LogP contribution in [0, 0.1) is 0 Å². The molecule has 0 aromatic carbocycles. The van der Waals surface area contributed by atoms with Gasteiger partial charge in [0.05, 0.1) is 23.8 Å². The molecule has 2 N–H and O–H groups in total. The van der Waals surface area contributed by atoms with Gasteiger partial charge in [0, 0.05) is 39.3 Å². The summed E-state index contributed by atoms with van der Waals surface area (Å²) in [6.07, 6.45) is 11.3. The lowest BCUT2D eigenvalue weighted by molar-refractivity contribution is -0.122. The zero-order valence-corrected chi connectivity index (χ0v) is 16.5. The first-order chi connectivity index (χ1) is 13.6. The van der Waals surface area contributed by atoms with Crippen molar-refractivity contribution in [2.24, 2.45) is 24.3 Å². The van der Waals surface area contributed by atoms with E-state index in [2.05, 4.69) is 21.1 Å². The third-order valence-electron chi connectivity index (χ3n) is 4.30. The fourth-order valence-corrected chi connectivity index (χ4v) is 2.59. The molecule has 8 nitrogen and oxygen atoms in total. The van der Waals surface area contributed by atoms with Crippen molar-refractivity contribution in [2.75, 3.05) is 0 Å². The Morgan fingerprint density at radius 1 is 0.821 bits per heavy atom. The van der Waals surface area contributed by atoms with Crippen molar-refractivity contribution in [3.05, 3.63) is 48.0 Å². The van der Waals surface area contributed by atoms with E-state index in [1.165, 1.54) is 0 Å². The van der Waals surface area contributed by atoms with Crippen LogP contribution in [0.15, 0.2) is 46.9 Å². The Kier molecular flexibility index (Phi) is 8.71. The maximum atomic E-state index is 11.7. The Morgan fingerprint density at radius 2 is 1.25 bits per heavy atom. The second kappa shape index (κ2) is 11.5. The van der Waals surface area contributed by atoms with Crippen LogP contribution in [0.4, 0.5) is 0 Å². The standard InChI is InChI=1S/C20H28N6O2/c1-25-13-7-9-17(25)15-21-23-19(27)11-5-3-4-6-12-20(28)24-22-16-18-10-8-14-26(18)2/h7-10,13-16H,3-6,11-12H2,1-2H3,(H,23,27)(H,24,28)/b21-15-,22-16-. The Bertz CT molecular complexity index is 750. The lowest BCUT2D eigenvalue weighted by Crippen LogP contribution is -2.17. The molecule has 0 unspecified atom stereocenters. The van der Waals surface area contributed by atoms with Gasteiger partial charge in [0.2, 0.25) is 11.8 Å². The molecule has 0 saturated heterocycles. The second-order valence-electron chi connectivity index (χ2n) is 6.59. The molecule has 2 aromatic heterocycles. The summed E-state index contributed by atoms with van der Waals surface area (Å²) >= 11 is 0. The third kappa shape index (κ3) is 7.61. The normalized spacial score (nSPS) is 11.4. The van der Waals surface area contributed by atoms with Gasteiger partial charge in [0.15, 0.2) is 0 Å². The zero-order valence-electron chi connectivity index (χ0n) is 16.5. The molecule has 0 atom stereocenters. The zero-order chi connectivity index (χ0) is 20.2. The largest absolute Gasteiger partial charge is 0.350 e. The third-order valence-corrected chi connectivity index (χ3v) is 4.30. The van der Waals surface area contributed by atoms with E-state index in [9.17, 15) is 9.59 Å². The van der Waals surface area contributed by atoms with Crippen LogP contribution in [0.5, 0.6) is 0 Å². The highest BCUT2D eigenvalue weighted by atomic mass is 16.2. The molecule has 8 heteroatoms. The quantitative estimate of drug-likeness (QED) is 0.353. The maximum Gasteiger partial charge on any atom is 0.240 e. The number of hydrogen-bond acceptors (Lipinski definition) is 4. The second-order valence-corrected chi connectivity index (χ2v) is 6.59. The van der Waals surface area contributed by atoms with Crippen LogP contribution in [-0.2, 0) is 23.7 Å². The molecule has 0 aliphatic heterocycles. The topological polar surface area (TPSA) is 92.8 Å². The van der Waals surface area contributed by atoms with Crippen molar-refractivity contribution in [1.82, 2.24) is 20.0 Å². The predicted molar refractivity (Wildman–Crippen MR) is 110 cm³/mol. The van der Waals surface area contributed by atoms with Crippen molar-refractivity contribution in [3.8, 4) is 0 Å². The first-order valence-corrected chi connectivity index (χ1v) is 9.43. The summed E-state index contributed by atoms with van der Waals surface area (Å²) in [7, 11) is 3.83. The molecular formula is C20H28N6O2. The number of rotatable bonds is 11. The van der Waals surface area contributed by atoms with Gasteiger partial charge in [0.1, 0.15) is 0 Å². The molecule has 2 heterocycles. The molecule has 0 aliphatic carbocycles. The Hall–Kier alpha value is -3.16. The van der Waals surface area contributed by atoms with Crippen molar-refractivity contribution in [2.45, 2.75) is 38.5 Å². The van der Waals surface area contributed by atoms with Gasteiger partial charge in [0.25, 0.3) is 0 Å². The molecular weight excluding hydrogens is 356 g/mol. The number of amides is 2. The summed E-state index contributed by atoms with van der Waals surface area (Å²) in [6.45, 7) is 0. The molecule has 2 aromatic rings. The fourth-order valence-electron chi connectivity index (χ4n) is 2.59. The van der Waals surface area contributed by atoms with E-state index in [1.54, 1.807) is 12.4 Å². The predicted octanol–water partition coefficient (Wildman–Crippen LogP) is 2.30. The molecule has 0 radical (unpaired) electrons. The summed E-state index contributed by atoms with van der Waals surface area (Å²) in [6, 6.07) is 7.66. The van der Waals surface area contributed by atoms with Crippen LogP contribution >= 0.6 is 0 Å². The summed E-state index contributed by atoms with van der Waals surface area (Å²) in [5, 5.41) is 7.90. The fraction of sp³-hybridized carbons (Fsp3) is 0.400. The van der Waals surface area contributed by atoms with Gasteiger partial charge in [-0.2, -0.15) is 10.2 Å². The highest BCUT2D eigenvalue weighted by molar-refractivity contribution is 5.81. The van der Waals surface area contributed by atoms with Crippen molar-refractivity contribution in [1.29, 1.82) is 0 Å². The van der Waals surface area contributed by atoms with Gasteiger partial charge in [-0.25, -0.2) is 10.9 Å². The molecule has 0 saturated carbocycles. The minimum atomic E-state index is -0.0989. The van der Waals surface area contributed by atoms with E-state index < -0.39 is 0 Å². The van der Waals surface area contributed by atoms with E-state index in [-0.39, 0.29) is 11.8 Å². The Labute approximate surface area is 165 Å². The van der Waals surface area contributed by atoms with Gasteiger partial charge in [-0.1, -0.05) is 12.8 Å². The Morgan fingerprint density at radius 3 is 1.61 bits per heavy atom. The lowest BCUT2D eigenvalue weighted by atomic mass is 10.1. The van der Waals surface area contributed by atoms with Crippen LogP contribution in [0.25, 0.3) is 0 Å². The molecule has 0 spiro atoms. The van der Waals surface area contributed by atoms with E-state index in [0.29, 0.717) is 12.8 Å². The van der Waals surface area contributed by atoms with Crippen LogP contribution in [0.2, 0.25) is 0 Å². The first kappa shape index (κ1) is 21.1. The van der Waals surface area contributed by atoms with E-state index in [1.807, 2.05) is 59.9 Å². The number of carbonyl (C=O) groups excluding carboxylic acids is 2. The van der Waals surface area contributed by atoms with Crippen LogP contribution in [-0.4, -0.2) is 33.4 Å². The average Bonchev–Trinajstić information content (AvgIpc) is 3.26. The monoisotopic (exact) mass is 384 g/mol. The molecule has 150 valence electrons. The van der Waals surface area contributed by atoms with Crippen LogP contribution in [0.3, 0.4) is 0 Å². The first-order valence-electron chi connectivity index (χ1n) is 9.43. The summed E-state index contributed by atoms with van der Waals surface area (Å²) in [5.41, 5.74) is 6.91. The van der Waals surface area contributed by atoms with Crippen molar-refractivity contribution >= 4 is 24.2 Å². The minimum Gasteiger partial charge on any atom is -0.350 e. The highest BCUT2D eigenvalue weighted by Gasteiger charge is 2.02. The van der Waals surface area contributed by atoms with Crippen LogP contribution < -0.4 is 10.9 Å². The number of aryl methyl sites for hydroxylation is 2. The number of carbonyl (C=O) groups is 2. The smallest absolute Gasteiger partial charge is 0.240 e. The van der Waals surface area contributed by atoms with Gasteiger partial charge in [-0.05, 0) is 37.1 Å². The molecule has 0 fully saturated rings. The molecule has 28 heavy (non-hydrogen) atoms. The molecule has 0 aliphatic rings. The number of aromatic nitrogens is 2. The average molecular weight is 384 g/mol. The van der Waals surface area contributed by atoms with E-state index in [4.69, 9.17) is 0 Å². The Balaban J connectivity index is 1.48. The van der Waals surface area contributed by atoms with Crippen LogP contribution in [0.1, 0.15) is 49.9 Å². The number of hydrazone groups is 2. The number of nitrogens with one attached hydrogen (secondary N) is 2.